The van der Waals surface area contributed by atoms with Crippen LogP contribution in [0.15, 0.2) is 0 Å². The molecule has 3 unspecified atom stereocenters. The topological polar surface area (TPSA) is 35.8 Å². The summed E-state index contributed by atoms with van der Waals surface area (Å²) in [7, 11) is 0. The quantitative estimate of drug-likeness (QED) is 0.695. The summed E-state index contributed by atoms with van der Waals surface area (Å²) in [6, 6.07) is 2.20. The Bertz CT molecular complexity index is 171. The van der Waals surface area contributed by atoms with E-state index >= 15 is 0 Å². The minimum absolute atomic E-state index is 0.0147. The van der Waals surface area contributed by atoms with Crippen LogP contribution in [0, 0.1) is 23.2 Å². The minimum atomic E-state index is 0.0147. The first-order chi connectivity index (χ1) is 5.72. The van der Waals surface area contributed by atoms with Crippen LogP contribution in [0.1, 0.15) is 33.1 Å². The SMILES string of the molecule is CC1CCC(CNC(C)C#N)C1. The van der Waals surface area contributed by atoms with Gasteiger partial charge in [0, 0.05) is 0 Å². The minimum Gasteiger partial charge on any atom is -0.302 e. The van der Waals surface area contributed by atoms with Crippen LogP contribution in [0.2, 0.25) is 0 Å². The maximum atomic E-state index is 8.55. The van der Waals surface area contributed by atoms with Gasteiger partial charge in [-0.2, -0.15) is 5.26 Å². The first kappa shape index (κ1) is 9.54. The van der Waals surface area contributed by atoms with E-state index in [-0.39, 0.29) is 6.04 Å². The van der Waals surface area contributed by atoms with Gasteiger partial charge in [-0.1, -0.05) is 13.3 Å². The van der Waals surface area contributed by atoms with Gasteiger partial charge in [0.05, 0.1) is 12.1 Å². The van der Waals surface area contributed by atoms with Gasteiger partial charge in [-0.3, -0.25) is 0 Å². The molecule has 0 radical (unpaired) electrons. The molecular weight excluding hydrogens is 148 g/mol. The van der Waals surface area contributed by atoms with Crippen LogP contribution in [-0.4, -0.2) is 12.6 Å². The molecule has 68 valence electrons. The molecule has 1 fully saturated rings. The van der Waals surface area contributed by atoms with E-state index in [0.717, 1.165) is 18.4 Å². The van der Waals surface area contributed by atoms with Crippen LogP contribution in [0.5, 0.6) is 0 Å². The number of rotatable bonds is 3. The standard InChI is InChI=1S/C10H18N2/c1-8-3-4-10(5-8)7-12-9(2)6-11/h8-10,12H,3-5,7H2,1-2H3. The van der Waals surface area contributed by atoms with Crippen molar-refractivity contribution in [2.75, 3.05) is 6.54 Å². The van der Waals surface area contributed by atoms with Crippen molar-refractivity contribution >= 4 is 0 Å². The van der Waals surface area contributed by atoms with Crippen LogP contribution in [0.3, 0.4) is 0 Å². The van der Waals surface area contributed by atoms with Crippen molar-refractivity contribution in [3.63, 3.8) is 0 Å². The second-order valence-corrected chi connectivity index (χ2v) is 4.04. The molecule has 0 aromatic heterocycles. The van der Waals surface area contributed by atoms with Crippen molar-refractivity contribution in [3.05, 3.63) is 0 Å². The molecule has 0 aromatic carbocycles. The van der Waals surface area contributed by atoms with Gasteiger partial charge in [-0.25, -0.2) is 0 Å². The maximum Gasteiger partial charge on any atom is 0.0924 e. The molecule has 2 heteroatoms. The molecule has 0 amide bonds. The Balaban J connectivity index is 2.12. The first-order valence-corrected chi connectivity index (χ1v) is 4.85. The van der Waals surface area contributed by atoms with Crippen LogP contribution in [0.25, 0.3) is 0 Å². The Hall–Kier alpha value is -0.550. The summed E-state index contributed by atoms with van der Waals surface area (Å²) in [6.45, 7) is 5.26. The lowest BCUT2D eigenvalue weighted by Gasteiger charge is -2.11. The number of hydrogen-bond donors (Lipinski definition) is 1. The predicted octanol–water partition coefficient (Wildman–Crippen LogP) is 1.92. The van der Waals surface area contributed by atoms with Gasteiger partial charge in [0.25, 0.3) is 0 Å². The van der Waals surface area contributed by atoms with Crippen molar-refractivity contribution in [1.29, 1.82) is 5.26 Å². The Morgan fingerprint density at radius 3 is 2.83 bits per heavy atom. The summed E-state index contributed by atoms with van der Waals surface area (Å²) in [5.74, 6) is 1.71. The highest BCUT2D eigenvalue weighted by Crippen LogP contribution is 2.29. The zero-order valence-electron chi connectivity index (χ0n) is 8.01. The van der Waals surface area contributed by atoms with E-state index in [1.165, 1.54) is 19.3 Å². The highest BCUT2D eigenvalue weighted by atomic mass is 14.9. The largest absolute Gasteiger partial charge is 0.302 e. The summed E-state index contributed by atoms with van der Waals surface area (Å²) in [5.41, 5.74) is 0. The Kier molecular flexibility index (Phi) is 3.55. The molecule has 1 saturated carbocycles. The number of nitrogens with zero attached hydrogens (tertiary/aromatic N) is 1. The third-order valence-corrected chi connectivity index (χ3v) is 2.71. The number of hydrogen-bond acceptors (Lipinski definition) is 2. The monoisotopic (exact) mass is 166 g/mol. The third-order valence-electron chi connectivity index (χ3n) is 2.71. The zero-order valence-corrected chi connectivity index (χ0v) is 8.01. The highest BCUT2D eigenvalue weighted by Gasteiger charge is 2.20. The van der Waals surface area contributed by atoms with Crippen molar-refractivity contribution in [2.45, 2.75) is 39.2 Å². The van der Waals surface area contributed by atoms with E-state index in [1.54, 1.807) is 0 Å². The molecule has 12 heavy (non-hydrogen) atoms. The molecule has 1 aliphatic rings. The normalized spacial score (nSPS) is 31.4. The second-order valence-electron chi connectivity index (χ2n) is 4.04. The molecule has 0 heterocycles. The van der Waals surface area contributed by atoms with E-state index in [1.807, 2.05) is 6.92 Å². The highest BCUT2D eigenvalue weighted by molar-refractivity contribution is 4.86. The number of nitriles is 1. The molecule has 0 aromatic rings. The summed E-state index contributed by atoms with van der Waals surface area (Å²) >= 11 is 0. The predicted molar refractivity (Wildman–Crippen MR) is 49.6 cm³/mol. The number of nitrogens with one attached hydrogen (secondary N) is 1. The molecule has 0 spiro atoms. The molecule has 0 saturated heterocycles. The zero-order chi connectivity index (χ0) is 8.97. The van der Waals surface area contributed by atoms with Gasteiger partial charge in [0.1, 0.15) is 0 Å². The summed E-state index contributed by atoms with van der Waals surface area (Å²) in [6.07, 6.45) is 4.05. The summed E-state index contributed by atoms with van der Waals surface area (Å²) in [4.78, 5) is 0. The summed E-state index contributed by atoms with van der Waals surface area (Å²) < 4.78 is 0. The van der Waals surface area contributed by atoms with Crippen LogP contribution in [0.4, 0.5) is 0 Å². The first-order valence-electron chi connectivity index (χ1n) is 4.85. The average molecular weight is 166 g/mol. The van der Waals surface area contributed by atoms with E-state index in [0.29, 0.717) is 0 Å². The molecular formula is C10H18N2. The smallest absolute Gasteiger partial charge is 0.0924 e. The molecule has 2 nitrogen and oxygen atoms in total. The van der Waals surface area contributed by atoms with Gasteiger partial charge < -0.3 is 5.32 Å². The maximum absolute atomic E-state index is 8.55. The van der Waals surface area contributed by atoms with E-state index < -0.39 is 0 Å². The molecule has 1 rings (SSSR count). The van der Waals surface area contributed by atoms with Gasteiger partial charge in [0.2, 0.25) is 0 Å². The molecule has 0 aliphatic heterocycles. The fourth-order valence-corrected chi connectivity index (χ4v) is 1.90. The Labute approximate surface area is 75.0 Å². The molecule has 1 aliphatic carbocycles. The Morgan fingerprint density at radius 1 is 1.58 bits per heavy atom. The van der Waals surface area contributed by atoms with E-state index in [9.17, 15) is 0 Å². The molecule has 0 bridgehead atoms. The van der Waals surface area contributed by atoms with Crippen molar-refractivity contribution in [1.82, 2.24) is 5.32 Å². The second kappa shape index (κ2) is 4.47. The van der Waals surface area contributed by atoms with Gasteiger partial charge >= 0.3 is 0 Å². The fourth-order valence-electron chi connectivity index (χ4n) is 1.90. The van der Waals surface area contributed by atoms with Gasteiger partial charge in [-0.15, -0.1) is 0 Å². The Morgan fingerprint density at radius 2 is 2.33 bits per heavy atom. The van der Waals surface area contributed by atoms with Crippen LogP contribution < -0.4 is 5.32 Å². The lowest BCUT2D eigenvalue weighted by atomic mass is 10.1. The van der Waals surface area contributed by atoms with Crippen LogP contribution in [-0.2, 0) is 0 Å². The van der Waals surface area contributed by atoms with E-state index in [4.69, 9.17) is 5.26 Å². The van der Waals surface area contributed by atoms with Gasteiger partial charge in [0.15, 0.2) is 0 Å². The van der Waals surface area contributed by atoms with Crippen LogP contribution >= 0.6 is 0 Å². The third kappa shape index (κ3) is 2.83. The molecule has 3 atom stereocenters. The van der Waals surface area contributed by atoms with E-state index in [2.05, 4.69) is 18.3 Å². The fraction of sp³-hybridized carbons (Fsp3) is 0.900. The lowest BCUT2D eigenvalue weighted by Crippen LogP contribution is -2.29. The molecule has 1 N–H and O–H groups in total. The van der Waals surface area contributed by atoms with Crippen molar-refractivity contribution in [2.24, 2.45) is 11.8 Å². The van der Waals surface area contributed by atoms with Crippen molar-refractivity contribution in [3.8, 4) is 6.07 Å². The van der Waals surface area contributed by atoms with Gasteiger partial charge in [-0.05, 0) is 38.1 Å². The summed E-state index contributed by atoms with van der Waals surface area (Å²) in [5, 5.41) is 11.8. The average Bonchev–Trinajstić information content (AvgIpc) is 2.47. The van der Waals surface area contributed by atoms with Crippen molar-refractivity contribution < 1.29 is 0 Å². The lowest BCUT2D eigenvalue weighted by molar-refractivity contribution is 0.460.